The molecule has 6 heteroatoms. The molecule has 1 fully saturated rings. The summed E-state index contributed by atoms with van der Waals surface area (Å²) < 4.78 is 0. The van der Waals surface area contributed by atoms with Gasteiger partial charge < -0.3 is 5.11 Å². The second-order valence-electron chi connectivity index (χ2n) is 6.71. The van der Waals surface area contributed by atoms with E-state index in [2.05, 4.69) is 0 Å². The fraction of sp³-hybridized carbons (Fsp3) is 0.136. The topological polar surface area (TPSA) is 43.8 Å². The number of anilines is 2. The molecule has 0 aliphatic carbocycles. The van der Waals surface area contributed by atoms with Crippen molar-refractivity contribution in [3.8, 4) is 0 Å². The summed E-state index contributed by atoms with van der Waals surface area (Å²) in [5.74, 6) is 0. The summed E-state index contributed by atoms with van der Waals surface area (Å²) in [6.45, 7) is 1.83. The molecule has 4 nitrogen and oxygen atoms in total. The van der Waals surface area contributed by atoms with Crippen LogP contribution < -0.4 is 9.80 Å². The average molecular weight is 413 g/mol. The van der Waals surface area contributed by atoms with Crippen LogP contribution in [0.15, 0.2) is 78.9 Å². The van der Waals surface area contributed by atoms with Crippen molar-refractivity contribution in [3.05, 3.63) is 94.5 Å². The first-order chi connectivity index (χ1) is 13.4. The average Bonchev–Trinajstić information content (AvgIpc) is 2.91. The minimum Gasteiger partial charge on any atom is -0.365 e. The van der Waals surface area contributed by atoms with Gasteiger partial charge in [0.05, 0.1) is 6.04 Å². The van der Waals surface area contributed by atoms with Crippen LogP contribution in [0, 0.1) is 0 Å². The Bertz CT molecular complexity index is 993. The number of carbonyl (C=O) groups is 1. The van der Waals surface area contributed by atoms with Gasteiger partial charge in [-0.3, -0.25) is 9.80 Å². The van der Waals surface area contributed by atoms with E-state index in [0.717, 1.165) is 0 Å². The molecule has 0 saturated carbocycles. The summed E-state index contributed by atoms with van der Waals surface area (Å²) in [5, 5.41) is 13.0. The molecule has 3 aromatic carbocycles. The highest BCUT2D eigenvalue weighted by molar-refractivity contribution is 6.31. The van der Waals surface area contributed by atoms with Crippen LogP contribution >= 0.6 is 23.2 Å². The zero-order chi connectivity index (χ0) is 19.9. The Morgan fingerprint density at radius 3 is 1.86 bits per heavy atom. The molecular formula is C22H18Cl2N2O2. The predicted molar refractivity (Wildman–Crippen MR) is 113 cm³/mol. The van der Waals surface area contributed by atoms with E-state index in [-0.39, 0.29) is 6.03 Å². The van der Waals surface area contributed by atoms with Crippen molar-refractivity contribution in [2.75, 3.05) is 9.80 Å². The van der Waals surface area contributed by atoms with Gasteiger partial charge in [0.1, 0.15) is 0 Å². The molecule has 28 heavy (non-hydrogen) atoms. The molecule has 3 aromatic rings. The lowest BCUT2D eigenvalue weighted by Crippen LogP contribution is -2.48. The number of rotatable bonds is 3. The Labute approximate surface area is 173 Å². The van der Waals surface area contributed by atoms with Gasteiger partial charge in [-0.05, 0) is 55.5 Å². The number of benzene rings is 3. The fourth-order valence-electron chi connectivity index (χ4n) is 3.67. The van der Waals surface area contributed by atoms with Gasteiger partial charge in [-0.1, -0.05) is 53.5 Å². The number of nitrogens with zero attached hydrogens (tertiary/aromatic N) is 2. The van der Waals surface area contributed by atoms with Crippen LogP contribution in [0.2, 0.25) is 10.0 Å². The Morgan fingerprint density at radius 2 is 1.32 bits per heavy atom. The van der Waals surface area contributed by atoms with Crippen LogP contribution in [0.25, 0.3) is 0 Å². The number of hydrogen-bond acceptors (Lipinski definition) is 2. The number of amides is 2. The molecule has 0 aromatic heterocycles. The molecule has 1 aliphatic heterocycles. The highest BCUT2D eigenvalue weighted by atomic mass is 35.5. The molecule has 2 amide bonds. The summed E-state index contributed by atoms with van der Waals surface area (Å²) in [6.07, 6.45) is 0. The molecule has 2 atom stereocenters. The van der Waals surface area contributed by atoms with Crippen molar-refractivity contribution < 1.29 is 9.90 Å². The quantitative estimate of drug-likeness (QED) is 0.601. The van der Waals surface area contributed by atoms with Gasteiger partial charge in [0, 0.05) is 27.0 Å². The van der Waals surface area contributed by atoms with Crippen molar-refractivity contribution in [3.63, 3.8) is 0 Å². The van der Waals surface area contributed by atoms with E-state index >= 15 is 0 Å². The monoisotopic (exact) mass is 412 g/mol. The largest absolute Gasteiger partial charge is 0.365 e. The Morgan fingerprint density at radius 1 is 0.821 bits per heavy atom. The lowest BCUT2D eigenvalue weighted by molar-refractivity contribution is 0.0372. The molecule has 1 aliphatic rings. The zero-order valence-corrected chi connectivity index (χ0v) is 16.6. The number of carbonyl (C=O) groups excluding carboxylic acids is 1. The fourth-order valence-corrected chi connectivity index (χ4v) is 3.92. The summed E-state index contributed by atoms with van der Waals surface area (Å²) in [6, 6.07) is 22.2. The smallest absolute Gasteiger partial charge is 0.332 e. The highest BCUT2D eigenvalue weighted by Gasteiger charge is 2.56. The van der Waals surface area contributed by atoms with E-state index in [4.69, 9.17) is 23.2 Å². The van der Waals surface area contributed by atoms with Crippen molar-refractivity contribution >= 4 is 40.6 Å². The van der Waals surface area contributed by atoms with Crippen LogP contribution in [0.4, 0.5) is 16.2 Å². The van der Waals surface area contributed by atoms with Gasteiger partial charge in [0.15, 0.2) is 5.72 Å². The summed E-state index contributed by atoms with van der Waals surface area (Å²) in [7, 11) is 0. The Hall–Kier alpha value is -2.53. The Kier molecular flexibility index (Phi) is 4.79. The number of urea groups is 1. The molecule has 0 spiro atoms. The number of hydrogen-bond donors (Lipinski definition) is 1. The maximum Gasteiger partial charge on any atom is 0.332 e. The third kappa shape index (κ3) is 2.94. The molecule has 1 saturated heterocycles. The standard InChI is InChI=1S/C22H18Cl2N2O2/c1-15-22(28,16-5-3-2-4-6-16)26(20-13-9-18(24)10-14-20)21(27)25(15)19-11-7-17(23)8-12-19/h2-15,28H,1H3/t15-,22?/m0/s1. The molecule has 1 N–H and O–H groups in total. The molecule has 0 bridgehead atoms. The molecular weight excluding hydrogens is 395 g/mol. The second kappa shape index (κ2) is 7.13. The van der Waals surface area contributed by atoms with Crippen molar-refractivity contribution in [2.45, 2.75) is 18.7 Å². The van der Waals surface area contributed by atoms with Gasteiger partial charge in [-0.15, -0.1) is 0 Å². The van der Waals surface area contributed by atoms with Crippen LogP contribution in [0.3, 0.4) is 0 Å². The SMILES string of the molecule is C[C@@H]1N(c2ccc(Cl)cc2)C(=O)N(c2ccc(Cl)cc2)C1(O)c1ccccc1. The normalized spacial score (nSPS) is 22.0. The highest BCUT2D eigenvalue weighted by Crippen LogP contribution is 2.44. The zero-order valence-electron chi connectivity index (χ0n) is 15.1. The lowest BCUT2D eigenvalue weighted by atomic mass is 9.94. The van der Waals surface area contributed by atoms with Crippen LogP contribution in [-0.2, 0) is 5.72 Å². The van der Waals surface area contributed by atoms with Gasteiger partial charge in [-0.2, -0.15) is 0 Å². The van der Waals surface area contributed by atoms with Gasteiger partial charge in [0.2, 0.25) is 0 Å². The first kappa shape index (κ1) is 18.8. The maximum absolute atomic E-state index is 13.5. The Balaban J connectivity index is 1.89. The van der Waals surface area contributed by atoms with Crippen molar-refractivity contribution in [1.29, 1.82) is 0 Å². The minimum atomic E-state index is -1.56. The predicted octanol–water partition coefficient (Wildman–Crippen LogP) is 5.67. The van der Waals surface area contributed by atoms with Gasteiger partial charge >= 0.3 is 6.03 Å². The van der Waals surface area contributed by atoms with E-state index in [9.17, 15) is 9.90 Å². The second-order valence-corrected chi connectivity index (χ2v) is 7.58. The third-order valence-electron chi connectivity index (χ3n) is 5.10. The lowest BCUT2D eigenvalue weighted by Gasteiger charge is -2.35. The number of aliphatic hydroxyl groups is 1. The van der Waals surface area contributed by atoms with E-state index in [1.165, 1.54) is 4.90 Å². The first-order valence-electron chi connectivity index (χ1n) is 8.85. The van der Waals surface area contributed by atoms with E-state index < -0.39 is 11.8 Å². The molecule has 0 radical (unpaired) electrons. The number of halogens is 2. The maximum atomic E-state index is 13.5. The van der Waals surface area contributed by atoms with Crippen LogP contribution in [0.1, 0.15) is 12.5 Å². The van der Waals surface area contributed by atoms with Gasteiger partial charge in [0.25, 0.3) is 0 Å². The summed E-state index contributed by atoms with van der Waals surface area (Å²) in [4.78, 5) is 16.5. The van der Waals surface area contributed by atoms with E-state index in [1.807, 2.05) is 37.3 Å². The first-order valence-corrected chi connectivity index (χ1v) is 9.61. The minimum absolute atomic E-state index is 0.330. The third-order valence-corrected chi connectivity index (χ3v) is 5.60. The molecule has 4 rings (SSSR count). The molecule has 1 heterocycles. The van der Waals surface area contributed by atoms with Gasteiger partial charge in [-0.25, -0.2) is 4.79 Å². The summed E-state index contributed by atoms with van der Waals surface area (Å²) in [5.41, 5.74) is 0.283. The van der Waals surface area contributed by atoms with Crippen molar-refractivity contribution in [1.82, 2.24) is 0 Å². The summed E-state index contributed by atoms with van der Waals surface area (Å²) >= 11 is 12.0. The van der Waals surface area contributed by atoms with Crippen molar-refractivity contribution in [2.24, 2.45) is 0 Å². The van der Waals surface area contributed by atoms with Crippen LogP contribution in [-0.4, -0.2) is 17.2 Å². The van der Waals surface area contributed by atoms with E-state index in [1.54, 1.807) is 53.4 Å². The van der Waals surface area contributed by atoms with Crippen LogP contribution in [0.5, 0.6) is 0 Å². The molecule has 1 unspecified atom stereocenters. The molecule has 142 valence electrons. The van der Waals surface area contributed by atoms with E-state index in [0.29, 0.717) is 27.0 Å².